The van der Waals surface area contributed by atoms with Gasteiger partial charge in [-0.15, -0.1) is 11.3 Å². The van der Waals surface area contributed by atoms with E-state index >= 15 is 0 Å². The summed E-state index contributed by atoms with van der Waals surface area (Å²) >= 11 is 1.59. The quantitative estimate of drug-likeness (QED) is 0.892. The van der Waals surface area contributed by atoms with E-state index in [2.05, 4.69) is 4.98 Å². The summed E-state index contributed by atoms with van der Waals surface area (Å²) in [5.74, 6) is 0.120. The van der Waals surface area contributed by atoms with E-state index in [9.17, 15) is 4.79 Å². The number of nitrogens with two attached hydrogens (primary N) is 1. The lowest BCUT2D eigenvalue weighted by molar-refractivity contribution is -0.130. The van der Waals surface area contributed by atoms with Crippen molar-refractivity contribution in [1.82, 2.24) is 9.88 Å². The van der Waals surface area contributed by atoms with E-state index in [1.165, 1.54) is 0 Å². The second kappa shape index (κ2) is 7.33. The number of nitrogens with zero attached hydrogens (tertiary/aromatic N) is 2. The first-order chi connectivity index (χ1) is 10.1. The number of aryl methyl sites for hydroxylation is 1. The number of amides is 1. The number of carbonyl (C=O) groups excluding carboxylic acids is 1. The van der Waals surface area contributed by atoms with Crippen LogP contribution in [0.1, 0.15) is 35.0 Å². The molecular weight excluding hydrogens is 282 g/mol. The normalized spacial score (nSPS) is 12.1. The van der Waals surface area contributed by atoms with Crippen molar-refractivity contribution in [3.63, 3.8) is 0 Å². The highest BCUT2D eigenvalue weighted by Gasteiger charge is 2.14. The highest BCUT2D eigenvalue weighted by atomic mass is 32.1. The number of hydrogen-bond donors (Lipinski definition) is 1. The van der Waals surface area contributed by atoms with Crippen molar-refractivity contribution in [3.05, 3.63) is 52.0 Å². The number of rotatable bonds is 6. The van der Waals surface area contributed by atoms with Crippen LogP contribution in [0.4, 0.5) is 0 Å². The van der Waals surface area contributed by atoms with E-state index in [-0.39, 0.29) is 11.9 Å². The summed E-state index contributed by atoms with van der Waals surface area (Å²) in [4.78, 5) is 19.3. The monoisotopic (exact) mass is 303 g/mol. The number of carbonyl (C=O) groups is 1. The minimum atomic E-state index is -0.0892. The van der Waals surface area contributed by atoms with E-state index < -0.39 is 0 Å². The predicted molar refractivity (Wildman–Crippen MR) is 85.9 cm³/mol. The first kappa shape index (κ1) is 15.7. The van der Waals surface area contributed by atoms with Crippen LogP contribution in [0.2, 0.25) is 0 Å². The Morgan fingerprint density at radius 2 is 2.10 bits per heavy atom. The predicted octanol–water partition coefficient (Wildman–Crippen LogP) is 2.89. The van der Waals surface area contributed by atoms with Gasteiger partial charge in [0.1, 0.15) is 0 Å². The maximum Gasteiger partial charge on any atom is 0.222 e. The maximum atomic E-state index is 12.2. The Balaban J connectivity index is 1.83. The number of aromatic nitrogens is 1. The molecule has 0 bridgehead atoms. The third-order valence-corrected chi connectivity index (χ3v) is 4.47. The smallest absolute Gasteiger partial charge is 0.222 e. The second-order valence-corrected chi connectivity index (χ2v) is 6.11. The average Bonchev–Trinajstić information content (AvgIpc) is 2.90. The van der Waals surface area contributed by atoms with Crippen molar-refractivity contribution < 1.29 is 4.79 Å². The van der Waals surface area contributed by atoms with E-state index in [1.54, 1.807) is 16.2 Å². The van der Waals surface area contributed by atoms with Crippen LogP contribution in [0.15, 0.2) is 35.8 Å². The molecule has 112 valence electrons. The van der Waals surface area contributed by atoms with Gasteiger partial charge in [-0.2, -0.15) is 0 Å². The highest BCUT2D eigenvalue weighted by molar-refractivity contribution is 7.09. The van der Waals surface area contributed by atoms with Gasteiger partial charge in [-0.1, -0.05) is 30.3 Å². The fraction of sp³-hybridized carbons (Fsp3) is 0.375. The Bertz CT molecular complexity index is 582. The number of thiazole rings is 1. The Labute approximate surface area is 129 Å². The van der Waals surface area contributed by atoms with E-state index in [4.69, 9.17) is 5.73 Å². The van der Waals surface area contributed by atoms with Crippen LogP contribution in [-0.4, -0.2) is 22.8 Å². The summed E-state index contributed by atoms with van der Waals surface area (Å²) in [5, 5.41) is 0. The molecule has 4 nitrogen and oxygen atoms in total. The first-order valence-electron chi connectivity index (χ1n) is 7.01. The highest BCUT2D eigenvalue weighted by Crippen LogP contribution is 2.18. The Kier molecular flexibility index (Phi) is 5.47. The summed E-state index contributed by atoms with van der Waals surface area (Å²) in [7, 11) is 1.83. The number of benzene rings is 1. The molecule has 2 aromatic rings. The molecule has 1 unspecified atom stereocenters. The molecule has 0 radical (unpaired) electrons. The first-order valence-corrected chi connectivity index (χ1v) is 7.89. The van der Waals surface area contributed by atoms with Gasteiger partial charge in [-0.3, -0.25) is 4.79 Å². The van der Waals surface area contributed by atoms with Crippen LogP contribution in [0, 0.1) is 6.92 Å². The van der Waals surface area contributed by atoms with Crippen molar-refractivity contribution in [3.8, 4) is 0 Å². The van der Waals surface area contributed by atoms with Crippen molar-refractivity contribution in [1.29, 1.82) is 0 Å². The molecule has 2 rings (SSSR count). The Morgan fingerprint density at radius 1 is 1.38 bits per heavy atom. The summed E-state index contributed by atoms with van der Waals surface area (Å²) < 4.78 is 0. The van der Waals surface area contributed by atoms with E-state index in [0.29, 0.717) is 19.4 Å². The fourth-order valence-electron chi connectivity index (χ4n) is 2.12. The summed E-state index contributed by atoms with van der Waals surface area (Å²) in [6.45, 7) is 2.59. The van der Waals surface area contributed by atoms with Crippen molar-refractivity contribution in [2.24, 2.45) is 5.73 Å². The molecule has 0 spiro atoms. The Morgan fingerprint density at radius 3 is 2.71 bits per heavy atom. The molecule has 0 aliphatic carbocycles. The van der Waals surface area contributed by atoms with Gasteiger partial charge in [0.05, 0.1) is 17.7 Å². The van der Waals surface area contributed by atoms with Crippen molar-refractivity contribution in [2.75, 3.05) is 7.05 Å². The molecule has 0 saturated carbocycles. The third kappa shape index (κ3) is 4.37. The largest absolute Gasteiger partial charge is 0.341 e. The topological polar surface area (TPSA) is 59.2 Å². The SMILES string of the molecule is Cc1ncsc1CN(C)C(=O)CCC(N)c1ccccc1. The minimum absolute atomic E-state index is 0.0892. The van der Waals surface area contributed by atoms with Crippen LogP contribution in [-0.2, 0) is 11.3 Å². The molecule has 0 fully saturated rings. The molecule has 21 heavy (non-hydrogen) atoms. The minimum Gasteiger partial charge on any atom is -0.341 e. The van der Waals surface area contributed by atoms with Crippen LogP contribution >= 0.6 is 11.3 Å². The van der Waals surface area contributed by atoms with Gasteiger partial charge >= 0.3 is 0 Å². The van der Waals surface area contributed by atoms with Crippen LogP contribution < -0.4 is 5.73 Å². The Hall–Kier alpha value is -1.72. The summed E-state index contributed by atoms with van der Waals surface area (Å²) in [5.41, 5.74) is 10.0. The molecule has 2 N–H and O–H groups in total. The van der Waals surface area contributed by atoms with Gasteiger partial charge < -0.3 is 10.6 Å². The lowest BCUT2D eigenvalue weighted by atomic mass is 10.0. The molecule has 0 saturated heterocycles. The lowest BCUT2D eigenvalue weighted by Gasteiger charge is -2.18. The van der Waals surface area contributed by atoms with E-state index in [0.717, 1.165) is 16.1 Å². The van der Waals surface area contributed by atoms with Crippen LogP contribution in [0.5, 0.6) is 0 Å². The zero-order valence-electron chi connectivity index (χ0n) is 12.5. The molecule has 1 aromatic heterocycles. The zero-order valence-corrected chi connectivity index (χ0v) is 13.3. The molecule has 5 heteroatoms. The van der Waals surface area contributed by atoms with Gasteiger partial charge in [-0.25, -0.2) is 4.98 Å². The maximum absolute atomic E-state index is 12.2. The molecule has 0 aliphatic rings. The molecular formula is C16H21N3OS. The average molecular weight is 303 g/mol. The molecule has 1 aromatic carbocycles. The molecule has 1 amide bonds. The summed E-state index contributed by atoms with van der Waals surface area (Å²) in [6, 6.07) is 9.81. The van der Waals surface area contributed by atoms with Gasteiger partial charge in [0.2, 0.25) is 5.91 Å². The summed E-state index contributed by atoms with van der Waals surface area (Å²) in [6.07, 6.45) is 1.12. The standard InChI is InChI=1S/C16H21N3OS/c1-12-15(21-11-18-12)10-19(2)16(20)9-8-14(17)13-6-4-3-5-7-13/h3-7,11,14H,8-10,17H2,1-2H3. The number of hydrogen-bond acceptors (Lipinski definition) is 4. The zero-order chi connectivity index (χ0) is 15.2. The van der Waals surface area contributed by atoms with Crippen LogP contribution in [0.25, 0.3) is 0 Å². The van der Waals surface area contributed by atoms with E-state index in [1.807, 2.05) is 49.8 Å². The van der Waals surface area contributed by atoms with Gasteiger partial charge in [0.25, 0.3) is 0 Å². The third-order valence-electron chi connectivity index (χ3n) is 3.55. The fourth-order valence-corrected chi connectivity index (χ4v) is 2.95. The molecule has 0 aliphatic heterocycles. The molecule has 1 atom stereocenters. The second-order valence-electron chi connectivity index (χ2n) is 5.17. The van der Waals surface area contributed by atoms with Gasteiger partial charge in [0.15, 0.2) is 0 Å². The van der Waals surface area contributed by atoms with Crippen molar-refractivity contribution >= 4 is 17.2 Å². The lowest BCUT2D eigenvalue weighted by Crippen LogP contribution is -2.27. The van der Waals surface area contributed by atoms with Crippen LogP contribution in [0.3, 0.4) is 0 Å². The van der Waals surface area contributed by atoms with Gasteiger partial charge in [0, 0.05) is 24.4 Å². The van der Waals surface area contributed by atoms with Gasteiger partial charge in [-0.05, 0) is 18.9 Å². The van der Waals surface area contributed by atoms with Crippen molar-refractivity contribution in [2.45, 2.75) is 32.4 Å². The molecule has 1 heterocycles.